The number of nitrogens with two attached hydrogens (primary N) is 1. The van der Waals surface area contributed by atoms with Gasteiger partial charge in [-0.25, -0.2) is 0 Å². The van der Waals surface area contributed by atoms with E-state index < -0.39 is 5.91 Å². The third-order valence-electron chi connectivity index (χ3n) is 3.05. The monoisotopic (exact) mass is 257 g/mol. The lowest BCUT2D eigenvalue weighted by atomic mass is 10.0. The highest BCUT2D eigenvalue weighted by Gasteiger charge is 2.11. The number of rotatable bonds is 4. The molecule has 1 heterocycles. The van der Waals surface area contributed by atoms with Crippen molar-refractivity contribution in [2.24, 2.45) is 11.7 Å². The number of hydrogen-bond donors (Lipinski definition) is 1. The van der Waals surface area contributed by atoms with Crippen LogP contribution in [0.5, 0.6) is 0 Å². The van der Waals surface area contributed by atoms with Crippen molar-refractivity contribution < 1.29 is 4.79 Å². The number of carbonyl (C=O) groups excluding carboxylic acids is 1. The molecule has 0 saturated carbocycles. The Bertz CT molecular complexity index is 599. The number of hydrogen-bond acceptors (Lipinski definition) is 2. The molecular weight excluding hydrogens is 238 g/mol. The van der Waals surface area contributed by atoms with Gasteiger partial charge in [-0.2, -0.15) is 5.10 Å². The Morgan fingerprint density at radius 2 is 2.11 bits per heavy atom. The zero-order valence-electron chi connectivity index (χ0n) is 11.6. The predicted octanol–water partition coefficient (Wildman–Crippen LogP) is 2.61. The highest BCUT2D eigenvalue weighted by Crippen LogP contribution is 2.22. The van der Waals surface area contributed by atoms with Crippen LogP contribution in [0.3, 0.4) is 0 Å². The van der Waals surface area contributed by atoms with Crippen LogP contribution in [0.15, 0.2) is 30.5 Å². The van der Waals surface area contributed by atoms with Crippen LogP contribution in [0.2, 0.25) is 0 Å². The third kappa shape index (κ3) is 2.84. The third-order valence-corrected chi connectivity index (χ3v) is 3.05. The Labute approximate surface area is 113 Å². The highest BCUT2D eigenvalue weighted by molar-refractivity contribution is 5.95. The maximum Gasteiger partial charge on any atom is 0.248 e. The van der Waals surface area contributed by atoms with Gasteiger partial charge < -0.3 is 5.73 Å². The average Bonchev–Trinajstić information content (AvgIpc) is 2.76. The fourth-order valence-corrected chi connectivity index (χ4v) is 2.12. The van der Waals surface area contributed by atoms with E-state index in [1.807, 2.05) is 35.9 Å². The van der Waals surface area contributed by atoms with Crippen molar-refractivity contribution in [3.05, 3.63) is 41.6 Å². The van der Waals surface area contributed by atoms with Gasteiger partial charge >= 0.3 is 0 Å². The summed E-state index contributed by atoms with van der Waals surface area (Å²) in [7, 11) is 0. The molecule has 1 amide bonds. The fraction of sp³-hybridized carbons (Fsp3) is 0.333. The van der Waals surface area contributed by atoms with Crippen LogP contribution in [0.4, 0.5) is 0 Å². The van der Waals surface area contributed by atoms with Crippen molar-refractivity contribution in [3.63, 3.8) is 0 Å². The van der Waals surface area contributed by atoms with Crippen molar-refractivity contribution in [1.29, 1.82) is 0 Å². The molecule has 19 heavy (non-hydrogen) atoms. The maximum absolute atomic E-state index is 11.4. The molecule has 2 rings (SSSR count). The van der Waals surface area contributed by atoms with E-state index in [2.05, 4.69) is 18.9 Å². The molecule has 4 nitrogen and oxygen atoms in total. The van der Waals surface area contributed by atoms with Gasteiger partial charge in [0, 0.05) is 23.9 Å². The summed E-state index contributed by atoms with van der Waals surface area (Å²) in [5, 5.41) is 4.33. The first-order valence-corrected chi connectivity index (χ1v) is 6.41. The summed E-state index contributed by atoms with van der Waals surface area (Å²) < 4.78 is 1.96. The van der Waals surface area contributed by atoms with E-state index in [1.165, 1.54) is 0 Å². The molecule has 0 radical (unpaired) electrons. The van der Waals surface area contributed by atoms with Gasteiger partial charge in [-0.1, -0.05) is 26.0 Å². The number of carbonyl (C=O) groups is 1. The second-order valence-corrected chi connectivity index (χ2v) is 5.19. The van der Waals surface area contributed by atoms with E-state index in [0.717, 1.165) is 23.4 Å². The first-order valence-electron chi connectivity index (χ1n) is 6.41. The van der Waals surface area contributed by atoms with Crippen LogP contribution in [-0.4, -0.2) is 15.7 Å². The molecule has 100 valence electrons. The summed E-state index contributed by atoms with van der Waals surface area (Å²) in [4.78, 5) is 11.4. The van der Waals surface area contributed by atoms with Crippen LogP contribution in [0.25, 0.3) is 11.3 Å². The minimum Gasteiger partial charge on any atom is -0.366 e. The second-order valence-electron chi connectivity index (χ2n) is 5.19. The van der Waals surface area contributed by atoms with Crippen LogP contribution in [0, 0.1) is 12.8 Å². The van der Waals surface area contributed by atoms with E-state index >= 15 is 0 Å². The van der Waals surface area contributed by atoms with Crippen LogP contribution >= 0.6 is 0 Å². The molecule has 0 aliphatic rings. The van der Waals surface area contributed by atoms with Gasteiger partial charge in [0.1, 0.15) is 0 Å². The van der Waals surface area contributed by atoms with Crippen molar-refractivity contribution >= 4 is 5.91 Å². The van der Waals surface area contributed by atoms with Crippen LogP contribution in [0.1, 0.15) is 29.8 Å². The highest BCUT2D eigenvalue weighted by atomic mass is 16.1. The standard InChI is InChI=1S/C15H19N3O/c1-10(2)9-18-14(6-7-17-18)12-5-4-11(3)13(8-12)15(16)19/h4-8,10H,9H2,1-3H3,(H2,16,19). The summed E-state index contributed by atoms with van der Waals surface area (Å²) in [6.07, 6.45) is 1.78. The Morgan fingerprint density at radius 3 is 2.74 bits per heavy atom. The molecule has 0 atom stereocenters. The normalized spacial score (nSPS) is 10.9. The van der Waals surface area contributed by atoms with Crippen LogP contribution in [-0.2, 0) is 6.54 Å². The number of aromatic nitrogens is 2. The summed E-state index contributed by atoms with van der Waals surface area (Å²) in [5.74, 6) is 0.119. The van der Waals surface area contributed by atoms with Crippen molar-refractivity contribution in [2.45, 2.75) is 27.3 Å². The number of primary amides is 1. The lowest BCUT2D eigenvalue weighted by molar-refractivity contribution is 0.1000. The molecule has 0 spiro atoms. The molecule has 1 aromatic carbocycles. The Hall–Kier alpha value is -2.10. The first-order chi connectivity index (χ1) is 8.99. The summed E-state index contributed by atoms with van der Waals surface area (Å²) in [6, 6.07) is 7.71. The quantitative estimate of drug-likeness (QED) is 0.915. The number of aryl methyl sites for hydroxylation is 1. The molecule has 0 aliphatic carbocycles. The predicted molar refractivity (Wildman–Crippen MR) is 75.8 cm³/mol. The van der Waals surface area contributed by atoms with Crippen molar-refractivity contribution in [1.82, 2.24) is 9.78 Å². The van der Waals surface area contributed by atoms with Gasteiger partial charge in [-0.15, -0.1) is 0 Å². The number of nitrogens with zero attached hydrogens (tertiary/aromatic N) is 2. The first kappa shape index (κ1) is 13.3. The molecule has 1 aromatic heterocycles. The van der Waals surface area contributed by atoms with Crippen molar-refractivity contribution in [2.75, 3.05) is 0 Å². The number of amides is 1. The van der Waals surface area contributed by atoms with E-state index in [-0.39, 0.29) is 0 Å². The summed E-state index contributed by atoms with van der Waals surface area (Å²) in [6.45, 7) is 7.03. The minimum atomic E-state index is -0.394. The lowest BCUT2D eigenvalue weighted by Crippen LogP contribution is -2.13. The summed E-state index contributed by atoms with van der Waals surface area (Å²) >= 11 is 0. The Kier molecular flexibility index (Phi) is 3.69. The van der Waals surface area contributed by atoms with E-state index in [9.17, 15) is 4.79 Å². The maximum atomic E-state index is 11.4. The zero-order chi connectivity index (χ0) is 14.0. The van der Waals surface area contributed by atoms with E-state index in [0.29, 0.717) is 11.5 Å². The number of benzene rings is 1. The topological polar surface area (TPSA) is 60.9 Å². The summed E-state index contributed by atoms with van der Waals surface area (Å²) in [5.41, 5.74) is 8.83. The zero-order valence-corrected chi connectivity index (χ0v) is 11.6. The SMILES string of the molecule is Cc1ccc(-c2ccnn2CC(C)C)cc1C(N)=O. The molecule has 0 bridgehead atoms. The van der Waals surface area contributed by atoms with Gasteiger partial charge in [0.2, 0.25) is 5.91 Å². The van der Waals surface area contributed by atoms with Crippen LogP contribution < -0.4 is 5.73 Å². The minimum absolute atomic E-state index is 0.394. The van der Waals surface area contributed by atoms with E-state index in [4.69, 9.17) is 5.73 Å². The second kappa shape index (κ2) is 5.26. The molecule has 0 unspecified atom stereocenters. The molecule has 4 heteroatoms. The van der Waals surface area contributed by atoms with Gasteiger partial charge in [-0.3, -0.25) is 9.48 Å². The lowest BCUT2D eigenvalue weighted by Gasteiger charge is -2.11. The average molecular weight is 257 g/mol. The fourth-order valence-electron chi connectivity index (χ4n) is 2.12. The molecular formula is C15H19N3O. The molecule has 2 aromatic rings. The molecule has 0 aliphatic heterocycles. The molecule has 0 saturated heterocycles. The molecule has 2 N–H and O–H groups in total. The van der Waals surface area contributed by atoms with Gasteiger partial charge in [0.25, 0.3) is 0 Å². The molecule has 0 fully saturated rings. The smallest absolute Gasteiger partial charge is 0.248 e. The van der Waals surface area contributed by atoms with Gasteiger partial charge in [0.05, 0.1) is 5.69 Å². The van der Waals surface area contributed by atoms with Gasteiger partial charge in [-0.05, 0) is 30.5 Å². The largest absolute Gasteiger partial charge is 0.366 e. The Balaban J connectivity index is 2.45. The van der Waals surface area contributed by atoms with E-state index in [1.54, 1.807) is 6.20 Å². The van der Waals surface area contributed by atoms with Gasteiger partial charge in [0.15, 0.2) is 0 Å². The van der Waals surface area contributed by atoms with Crippen molar-refractivity contribution in [3.8, 4) is 11.3 Å². The Morgan fingerprint density at radius 1 is 1.37 bits per heavy atom.